The Kier molecular flexibility index (Phi) is 3.50. The number of hydrogen-bond acceptors (Lipinski definition) is 2. The number of nitrogens with one attached hydrogen (secondary N) is 1. The highest BCUT2D eigenvalue weighted by molar-refractivity contribution is 5.77. The zero-order chi connectivity index (χ0) is 13.3. The van der Waals surface area contributed by atoms with E-state index in [1.165, 1.54) is 6.42 Å². The first kappa shape index (κ1) is 13.2. The number of likely N-dealkylation sites (tertiary alicyclic amines) is 1. The number of carbonyl (C=O) groups is 2. The molecule has 0 aromatic heterocycles. The third-order valence-electron chi connectivity index (χ3n) is 4.46. The van der Waals surface area contributed by atoms with Gasteiger partial charge in [0.25, 0.3) is 0 Å². The van der Waals surface area contributed by atoms with Crippen molar-refractivity contribution >= 4 is 12.0 Å². The van der Waals surface area contributed by atoms with Crippen molar-refractivity contribution in [2.75, 3.05) is 19.6 Å². The molecule has 1 saturated heterocycles. The largest absolute Gasteiger partial charge is 0.481 e. The van der Waals surface area contributed by atoms with Crippen molar-refractivity contribution < 1.29 is 14.7 Å². The van der Waals surface area contributed by atoms with E-state index in [1.807, 2.05) is 0 Å². The van der Waals surface area contributed by atoms with Crippen LogP contribution in [0.4, 0.5) is 4.79 Å². The minimum Gasteiger partial charge on any atom is -0.481 e. The Labute approximate surface area is 108 Å². The first-order valence-corrected chi connectivity index (χ1v) is 6.68. The molecule has 18 heavy (non-hydrogen) atoms. The normalized spacial score (nSPS) is 29.8. The molecule has 2 fully saturated rings. The van der Waals surface area contributed by atoms with Crippen LogP contribution in [0.1, 0.15) is 33.1 Å². The molecule has 2 rings (SSSR count). The molecule has 0 aromatic carbocycles. The van der Waals surface area contributed by atoms with Gasteiger partial charge in [-0.25, -0.2) is 4.79 Å². The Morgan fingerprint density at radius 3 is 2.39 bits per heavy atom. The summed E-state index contributed by atoms with van der Waals surface area (Å²) in [4.78, 5) is 24.7. The fourth-order valence-corrected chi connectivity index (χ4v) is 2.43. The minimum atomic E-state index is -0.755. The Morgan fingerprint density at radius 2 is 1.94 bits per heavy atom. The Bertz CT molecular complexity index is 348. The predicted octanol–water partition coefficient (Wildman–Crippen LogP) is 1.54. The molecule has 2 unspecified atom stereocenters. The van der Waals surface area contributed by atoms with Crippen LogP contribution >= 0.6 is 0 Å². The Morgan fingerprint density at radius 1 is 1.39 bits per heavy atom. The van der Waals surface area contributed by atoms with Gasteiger partial charge in [0.05, 0.1) is 5.41 Å². The lowest BCUT2D eigenvalue weighted by atomic mass is 9.80. The van der Waals surface area contributed by atoms with Crippen molar-refractivity contribution in [1.29, 1.82) is 0 Å². The third kappa shape index (κ3) is 2.76. The summed E-state index contributed by atoms with van der Waals surface area (Å²) >= 11 is 0. The molecule has 2 aliphatic rings. The molecule has 0 spiro atoms. The van der Waals surface area contributed by atoms with Crippen LogP contribution in [0.5, 0.6) is 0 Å². The van der Waals surface area contributed by atoms with Gasteiger partial charge >= 0.3 is 12.0 Å². The number of carboxylic acids is 1. The molecule has 5 heteroatoms. The highest BCUT2D eigenvalue weighted by Gasteiger charge is 2.38. The smallest absolute Gasteiger partial charge is 0.317 e. The van der Waals surface area contributed by atoms with Gasteiger partial charge in [0, 0.05) is 19.6 Å². The number of aliphatic carboxylic acids is 1. The molecule has 0 bridgehead atoms. The molecule has 1 aliphatic carbocycles. The van der Waals surface area contributed by atoms with E-state index in [1.54, 1.807) is 11.8 Å². The lowest BCUT2D eigenvalue weighted by Gasteiger charge is -2.36. The number of urea groups is 1. The van der Waals surface area contributed by atoms with Crippen LogP contribution < -0.4 is 5.32 Å². The van der Waals surface area contributed by atoms with E-state index in [0.717, 1.165) is 12.5 Å². The van der Waals surface area contributed by atoms with Gasteiger partial charge in [-0.2, -0.15) is 0 Å². The summed E-state index contributed by atoms with van der Waals surface area (Å²) in [6.45, 7) is 5.78. The fourth-order valence-electron chi connectivity index (χ4n) is 2.43. The van der Waals surface area contributed by atoms with Gasteiger partial charge in [-0.1, -0.05) is 6.92 Å². The van der Waals surface area contributed by atoms with E-state index >= 15 is 0 Å². The molecular formula is C13H22N2O3. The number of amides is 2. The summed E-state index contributed by atoms with van der Waals surface area (Å²) < 4.78 is 0. The standard InChI is InChI=1S/C13H22N2O3/c1-9-7-10(9)8-14-12(18)15-5-3-13(2,4-6-15)11(16)17/h9-10H,3-8H2,1-2H3,(H,14,18)(H,16,17). The monoisotopic (exact) mass is 254 g/mol. The van der Waals surface area contributed by atoms with Gasteiger partial charge in [0.15, 0.2) is 0 Å². The topological polar surface area (TPSA) is 69.6 Å². The van der Waals surface area contributed by atoms with E-state index in [-0.39, 0.29) is 6.03 Å². The van der Waals surface area contributed by atoms with E-state index in [4.69, 9.17) is 5.11 Å². The maximum absolute atomic E-state index is 11.9. The summed E-state index contributed by atoms with van der Waals surface area (Å²) in [6.07, 6.45) is 2.28. The van der Waals surface area contributed by atoms with Crippen LogP contribution in [0.15, 0.2) is 0 Å². The van der Waals surface area contributed by atoms with Crippen molar-refractivity contribution in [2.24, 2.45) is 17.3 Å². The van der Waals surface area contributed by atoms with Crippen LogP contribution in [-0.2, 0) is 4.79 Å². The Hall–Kier alpha value is -1.26. The lowest BCUT2D eigenvalue weighted by Crippen LogP contribution is -2.49. The van der Waals surface area contributed by atoms with Gasteiger partial charge in [0.1, 0.15) is 0 Å². The molecule has 2 N–H and O–H groups in total. The van der Waals surface area contributed by atoms with Crippen LogP contribution in [0.3, 0.4) is 0 Å². The SMILES string of the molecule is CC1CC1CNC(=O)N1CCC(C)(C(=O)O)CC1. The van der Waals surface area contributed by atoms with Crippen molar-refractivity contribution in [3.05, 3.63) is 0 Å². The second kappa shape index (κ2) is 4.78. The van der Waals surface area contributed by atoms with Crippen LogP contribution in [0, 0.1) is 17.3 Å². The molecule has 0 aromatic rings. The van der Waals surface area contributed by atoms with Crippen LogP contribution in [-0.4, -0.2) is 41.6 Å². The van der Waals surface area contributed by atoms with Gasteiger partial charge < -0.3 is 15.3 Å². The van der Waals surface area contributed by atoms with Gasteiger partial charge in [-0.3, -0.25) is 4.79 Å². The van der Waals surface area contributed by atoms with Crippen LogP contribution in [0.2, 0.25) is 0 Å². The number of carbonyl (C=O) groups excluding carboxylic acids is 1. The summed E-state index contributed by atoms with van der Waals surface area (Å²) in [7, 11) is 0. The maximum Gasteiger partial charge on any atom is 0.317 e. The molecule has 1 heterocycles. The van der Waals surface area contributed by atoms with Crippen molar-refractivity contribution in [3.63, 3.8) is 0 Å². The van der Waals surface area contributed by atoms with E-state index in [2.05, 4.69) is 12.2 Å². The molecule has 2 amide bonds. The molecule has 1 saturated carbocycles. The molecule has 2 atom stereocenters. The number of carboxylic acid groups (broad SMARTS) is 1. The zero-order valence-corrected chi connectivity index (χ0v) is 11.1. The number of nitrogens with zero attached hydrogens (tertiary/aromatic N) is 1. The number of piperidine rings is 1. The molecule has 5 nitrogen and oxygen atoms in total. The fraction of sp³-hybridized carbons (Fsp3) is 0.846. The van der Waals surface area contributed by atoms with Gasteiger partial charge in [0.2, 0.25) is 0 Å². The summed E-state index contributed by atoms with van der Waals surface area (Å²) in [5, 5.41) is 12.1. The first-order valence-electron chi connectivity index (χ1n) is 6.68. The van der Waals surface area contributed by atoms with Gasteiger partial charge in [-0.15, -0.1) is 0 Å². The molecule has 1 aliphatic heterocycles. The van der Waals surface area contributed by atoms with Crippen LogP contribution in [0.25, 0.3) is 0 Å². The summed E-state index contributed by atoms with van der Waals surface area (Å²) in [5.74, 6) is 0.624. The third-order valence-corrected chi connectivity index (χ3v) is 4.46. The van der Waals surface area contributed by atoms with E-state index in [0.29, 0.717) is 31.8 Å². The highest BCUT2D eigenvalue weighted by atomic mass is 16.4. The minimum absolute atomic E-state index is 0.0402. The quantitative estimate of drug-likeness (QED) is 0.802. The van der Waals surface area contributed by atoms with Crippen molar-refractivity contribution in [1.82, 2.24) is 10.2 Å². The Balaban J connectivity index is 1.75. The first-order chi connectivity index (χ1) is 8.42. The average molecular weight is 254 g/mol. The van der Waals surface area contributed by atoms with E-state index < -0.39 is 11.4 Å². The number of rotatable bonds is 3. The van der Waals surface area contributed by atoms with E-state index in [9.17, 15) is 9.59 Å². The summed E-state index contributed by atoms with van der Waals surface area (Å²) in [5.41, 5.74) is -0.665. The highest BCUT2D eigenvalue weighted by Crippen LogP contribution is 2.37. The average Bonchev–Trinajstić information content (AvgIpc) is 3.03. The second-order valence-electron chi connectivity index (χ2n) is 6.01. The molecule has 0 radical (unpaired) electrons. The van der Waals surface area contributed by atoms with Crippen molar-refractivity contribution in [3.8, 4) is 0 Å². The van der Waals surface area contributed by atoms with Gasteiger partial charge in [-0.05, 0) is 38.0 Å². The number of hydrogen-bond donors (Lipinski definition) is 2. The lowest BCUT2D eigenvalue weighted by molar-refractivity contribution is -0.150. The molecule has 102 valence electrons. The second-order valence-corrected chi connectivity index (χ2v) is 6.01. The van der Waals surface area contributed by atoms with Crippen molar-refractivity contribution in [2.45, 2.75) is 33.1 Å². The molecular weight excluding hydrogens is 232 g/mol. The maximum atomic E-state index is 11.9. The summed E-state index contributed by atoms with van der Waals surface area (Å²) in [6, 6.07) is -0.0402. The predicted molar refractivity (Wildman–Crippen MR) is 67.2 cm³/mol. The zero-order valence-electron chi connectivity index (χ0n) is 11.1.